The number of carboxylic acids is 1. The number of aromatic carboxylic acids is 1. The van der Waals surface area contributed by atoms with Gasteiger partial charge in [0.25, 0.3) is 0 Å². The Morgan fingerprint density at radius 2 is 1.96 bits per heavy atom. The normalized spacial score (nSPS) is 10.7. The molecule has 0 amide bonds. The summed E-state index contributed by atoms with van der Waals surface area (Å²) in [6, 6.07) is 11.4. The average Bonchev–Trinajstić information content (AvgIpc) is 2.55. The zero-order valence-electron chi connectivity index (χ0n) is 12.1. The van der Waals surface area contributed by atoms with Crippen molar-refractivity contribution >= 4 is 32.8 Å². The van der Waals surface area contributed by atoms with Crippen LogP contribution >= 0.6 is 15.9 Å². The van der Waals surface area contributed by atoms with Crippen LogP contribution in [0.1, 0.15) is 10.4 Å². The monoisotopic (exact) mass is 373 g/mol. The number of fused-ring (bicyclic) bond motifs is 1. The van der Waals surface area contributed by atoms with Gasteiger partial charge in [-0.25, -0.2) is 9.78 Å². The van der Waals surface area contributed by atoms with Gasteiger partial charge in [-0.1, -0.05) is 15.9 Å². The Bertz CT molecular complexity index is 924. The van der Waals surface area contributed by atoms with Crippen LogP contribution in [0.15, 0.2) is 46.9 Å². The Labute approximate surface area is 140 Å². The first kappa shape index (κ1) is 15.3. The number of benzene rings is 2. The molecule has 23 heavy (non-hydrogen) atoms. The van der Waals surface area contributed by atoms with Crippen molar-refractivity contribution in [3.8, 4) is 22.8 Å². The summed E-state index contributed by atoms with van der Waals surface area (Å²) in [6.07, 6.45) is 0. The molecule has 116 valence electrons. The molecule has 0 unspecified atom stereocenters. The molecule has 1 aromatic heterocycles. The lowest BCUT2D eigenvalue weighted by molar-refractivity contribution is 0.0699. The number of pyridine rings is 1. The smallest absolute Gasteiger partial charge is 0.336 e. The molecule has 0 spiro atoms. The van der Waals surface area contributed by atoms with Gasteiger partial charge in [-0.05, 0) is 42.5 Å². The van der Waals surface area contributed by atoms with Crippen molar-refractivity contribution in [3.63, 3.8) is 0 Å². The summed E-state index contributed by atoms with van der Waals surface area (Å²) in [7, 11) is 1.52. The van der Waals surface area contributed by atoms with Gasteiger partial charge in [0.05, 0.1) is 23.9 Å². The molecule has 1 heterocycles. The van der Waals surface area contributed by atoms with E-state index in [0.717, 1.165) is 4.47 Å². The lowest BCUT2D eigenvalue weighted by Crippen LogP contribution is -2.01. The fourth-order valence-corrected chi connectivity index (χ4v) is 2.72. The van der Waals surface area contributed by atoms with Crippen molar-refractivity contribution in [2.75, 3.05) is 7.11 Å². The molecule has 6 heteroatoms. The molecule has 2 N–H and O–H groups in total. The van der Waals surface area contributed by atoms with Crippen LogP contribution in [0.3, 0.4) is 0 Å². The molecular weight excluding hydrogens is 362 g/mol. The summed E-state index contributed by atoms with van der Waals surface area (Å²) >= 11 is 3.34. The van der Waals surface area contributed by atoms with Crippen molar-refractivity contribution in [1.29, 1.82) is 0 Å². The highest BCUT2D eigenvalue weighted by molar-refractivity contribution is 9.10. The maximum Gasteiger partial charge on any atom is 0.336 e. The van der Waals surface area contributed by atoms with Gasteiger partial charge < -0.3 is 14.9 Å². The number of carboxylic acid groups (broad SMARTS) is 1. The van der Waals surface area contributed by atoms with Gasteiger partial charge in [-0.15, -0.1) is 0 Å². The number of nitrogens with zero attached hydrogens (tertiary/aromatic N) is 1. The van der Waals surface area contributed by atoms with Gasteiger partial charge in [0.1, 0.15) is 11.5 Å². The fourth-order valence-electron chi connectivity index (χ4n) is 2.36. The van der Waals surface area contributed by atoms with Crippen LogP contribution in [-0.2, 0) is 0 Å². The number of methoxy groups -OCH3 is 1. The average molecular weight is 374 g/mol. The first-order chi connectivity index (χ1) is 11.0. The number of phenolic OH excluding ortho intramolecular Hbond substituents is 1. The van der Waals surface area contributed by atoms with E-state index in [2.05, 4.69) is 20.9 Å². The zero-order chi connectivity index (χ0) is 16.6. The molecule has 3 rings (SSSR count). The van der Waals surface area contributed by atoms with E-state index in [9.17, 15) is 15.0 Å². The van der Waals surface area contributed by atoms with Gasteiger partial charge in [0.2, 0.25) is 0 Å². The predicted molar refractivity (Wildman–Crippen MR) is 90.1 cm³/mol. The number of halogens is 1. The van der Waals surface area contributed by atoms with Gasteiger partial charge in [-0.3, -0.25) is 0 Å². The first-order valence-corrected chi connectivity index (χ1v) is 7.50. The number of carbonyl (C=O) groups is 1. The minimum Gasteiger partial charge on any atom is -0.507 e. The second-order valence-corrected chi connectivity index (χ2v) is 5.82. The van der Waals surface area contributed by atoms with E-state index in [1.807, 2.05) is 0 Å². The molecule has 5 nitrogen and oxygen atoms in total. The van der Waals surface area contributed by atoms with Crippen molar-refractivity contribution in [2.24, 2.45) is 0 Å². The van der Waals surface area contributed by atoms with Crippen molar-refractivity contribution in [2.45, 2.75) is 0 Å². The predicted octanol–water partition coefficient (Wildman–Crippen LogP) is 4.08. The van der Waals surface area contributed by atoms with E-state index >= 15 is 0 Å². The summed E-state index contributed by atoms with van der Waals surface area (Å²) in [5.41, 5.74) is 1.46. The van der Waals surface area contributed by atoms with Crippen LogP contribution in [0.25, 0.3) is 22.2 Å². The Hall–Kier alpha value is -2.60. The summed E-state index contributed by atoms with van der Waals surface area (Å²) in [5.74, 6) is -0.480. The third-order valence-corrected chi connectivity index (χ3v) is 3.97. The number of phenols is 1. The standard InChI is InChI=1S/C17H12BrNO4/c1-23-10-3-4-14-11(7-10)12(17(21)22)8-15(19-14)13-6-9(18)2-5-16(13)20/h2-8,20H,1H3,(H,21,22). The third kappa shape index (κ3) is 2.85. The lowest BCUT2D eigenvalue weighted by atomic mass is 10.0. The van der Waals surface area contributed by atoms with Gasteiger partial charge in [0, 0.05) is 15.4 Å². The van der Waals surface area contributed by atoms with Crippen LogP contribution in [-0.4, -0.2) is 28.3 Å². The molecular formula is C17H12BrNO4. The van der Waals surface area contributed by atoms with Crippen LogP contribution in [0.2, 0.25) is 0 Å². The van der Waals surface area contributed by atoms with E-state index in [1.165, 1.54) is 19.2 Å². The molecule has 0 saturated carbocycles. The minimum absolute atomic E-state index is 0.0323. The van der Waals surface area contributed by atoms with Gasteiger partial charge >= 0.3 is 5.97 Å². The Balaban J connectivity index is 2.31. The Kier molecular flexibility index (Phi) is 3.92. The van der Waals surface area contributed by atoms with Crippen molar-refractivity contribution in [3.05, 3.63) is 52.5 Å². The highest BCUT2D eigenvalue weighted by Gasteiger charge is 2.15. The second-order valence-electron chi connectivity index (χ2n) is 4.90. The molecule has 0 fully saturated rings. The maximum atomic E-state index is 11.6. The summed E-state index contributed by atoms with van der Waals surface area (Å²) in [6.45, 7) is 0. The number of hydrogen-bond acceptors (Lipinski definition) is 4. The van der Waals surface area contributed by atoms with Crippen molar-refractivity contribution in [1.82, 2.24) is 4.98 Å². The number of aromatic nitrogens is 1. The maximum absolute atomic E-state index is 11.6. The molecule has 0 bridgehead atoms. The number of hydrogen-bond donors (Lipinski definition) is 2. The Morgan fingerprint density at radius 3 is 2.65 bits per heavy atom. The van der Waals surface area contributed by atoms with Crippen LogP contribution in [0.5, 0.6) is 11.5 Å². The molecule has 0 aliphatic carbocycles. The molecule has 3 aromatic rings. The topological polar surface area (TPSA) is 79.7 Å². The van der Waals surface area contributed by atoms with E-state index in [-0.39, 0.29) is 11.3 Å². The molecule has 0 atom stereocenters. The van der Waals surface area contributed by atoms with Crippen molar-refractivity contribution < 1.29 is 19.7 Å². The molecule has 0 saturated heterocycles. The molecule has 0 aliphatic heterocycles. The quantitative estimate of drug-likeness (QED) is 0.722. The van der Waals surface area contributed by atoms with Gasteiger partial charge in [-0.2, -0.15) is 0 Å². The zero-order valence-corrected chi connectivity index (χ0v) is 13.7. The number of ether oxygens (including phenoxy) is 1. The van der Waals surface area contributed by atoms with E-state index in [4.69, 9.17) is 4.74 Å². The third-order valence-electron chi connectivity index (χ3n) is 3.48. The largest absolute Gasteiger partial charge is 0.507 e. The fraction of sp³-hybridized carbons (Fsp3) is 0.0588. The summed E-state index contributed by atoms with van der Waals surface area (Å²) in [5, 5.41) is 20.0. The summed E-state index contributed by atoms with van der Waals surface area (Å²) in [4.78, 5) is 16.1. The molecule has 2 aromatic carbocycles. The minimum atomic E-state index is -1.07. The van der Waals surface area contributed by atoms with Crippen LogP contribution in [0.4, 0.5) is 0 Å². The highest BCUT2D eigenvalue weighted by atomic mass is 79.9. The molecule has 0 radical (unpaired) electrons. The number of aromatic hydroxyl groups is 1. The lowest BCUT2D eigenvalue weighted by Gasteiger charge is -2.10. The second kappa shape index (κ2) is 5.89. The van der Waals surface area contributed by atoms with Crippen LogP contribution < -0.4 is 4.74 Å². The Morgan fingerprint density at radius 1 is 1.17 bits per heavy atom. The van der Waals surface area contributed by atoms with E-state index in [0.29, 0.717) is 27.9 Å². The highest BCUT2D eigenvalue weighted by Crippen LogP contribution is 2.33. The van der Waals surface area contributed by atoms with Crippen LogP contribution in [0, 0.1) is 0 Å². The summed E-state index contributed by atoms with van der Waals surface area (Å²) < 4.78 is 5.90. The van der Waals surface area contributed by atoms with Gasteiger partial charge in [0.15, 0.2) is 0 Å². The first-order valence-electron chi connectivity index (χ1n) is 6.70. The van der Waals surface area contributed by atoms with E-state index < -0.39 is 5.97 Å². The number of rotatable bonds is 3. The van der Waals surface area contributed by atoms with E-state index in [1.54, 1.807) is 30.3 Å². The molecule has 0 aliphatic rings. The SMILES string of the molecule is COc1ccc2nc(-c3cc(Br)ccc3O)cc(C(=O)O)c2c1.